The van der Waals surface area contributed by atoms with Crippen molar-refractivity contribution in [2.75, 3.05) is 62.6 Å². The van der Waals surface area contributed by atoms with Crippen LogP contribution in [0.15, 0.2) is 18.2 Å². The smallest absolute Gasteiger partial charge is 0.317 e. The molecule has 0 spiro atoms. The molecule has 10 heteroatoms. The highest BCUT2D eigenvalue weighted by atomic mass is 19.1. The zero-order valence-corrected chi connectivity index (χ0v) is 18.8. The summed E-state index contributed by atoms with van der Waals surface area (Å²) in [5, 5.41) is 14.2. The van der Waals surface area contributed by atoms with Gasteiger partial charge >= 0.3 is 5.97 Å². The van der Waals surface area contributed by atoms with Crippen molar-refractivity contribution in [3.8, 4) is 0 Å². The van der Waals surface area contributed by atoms with Crippen LogP contribution in [0.1, 0.15) is 25.7 Å². The molecular weight excluding hydrogens is 429 g/mol. The number of hydrogen-bond acceptors (Lipinski definition) is 7. The first-order valence-electron chi connectivity index (χ1n) is 11.7. The largest absolute Gasteiger partial charge is 0.480 e. The Balaban J connectivity index is 1.24. The quantitative estimate of drug-likeness (QED) is 0.516. The van der Waals surface area contributed by atoms with Crippen LogP contribution >= 0.6 is 0 Å². The Bertz CT molecular complexity index is 882. The van der Waals surface area contributed by atoms with Gasteiger partial charge in [-0.1, -0.05) is 0 Å². The summed E-state index contributed by atoms with van der Waals surface area (Å²) in [7, 11) is 0. The van der Waals surface area contributed by atoms with Gasteiger partial charge in [0.25, 0.3) is 0 Å². The van der Waals surface area contributed by atoms with Crippen LogP contribution in [-0.2, 0) is 14.4 Å². The summed E-state index contributed by atoms with van der Waals surface area (Å²) in [5.41, 5.74) is 1.09. The van der Waals surface area contributed by atoms with Gasteiger partial charge < -0.3 is 15.3 Å². The molecule has 3 aliphatic heterocycles. The number of nitrogens with one attached hydrogen (secondary N) is 2. The van der Waals surface area contributed by atoms with E-state index >= 15 is 0 Å². The molecule has 33 heavy (non-hydrogen) atoms. The number of carbonyl (C=O) groups is 3. The highest BCUT2D eigenvalue weighted by Crippen LogP contribution is 2.26. The summed E-state index contributed by atoms with van der Waals surface area (Å²) in [4.78, 5) is 40.5. The minimum atomic E-state index is -0.767. The van der Waals surface area contributed by atoms with Crippen LogP contribution in [0.5, 0.6) is 0 Å². The Labute approximate surface area is 192 Å². The number of hydrogen-bond donors (Lipinski definition) is 3. The SMILES string of the molecule is O=C(O)CN1CCC(CN2CCN(c3ccc(NC4CCC(=O)NC4=O)cc3F)CC2)CC1. The number of carboxylic acid groups (broad SMARTS) is 1. The van der Waals surface area contributed by atoms with Gasteiger partial charge in [0.05, 0.1) is 12.2 Å². The molecular formula is C23H32FN5O4. The van der Waals surface area contributed by atoms with E-state index in [9.17, 15) is 18.8 Å². The molecule has 3 saturated heterocycles. The molecule has 2 amide bonds. The van der Waals surface area contributed by atoms with Crippen molar-refractivity contribution in [2.24, 2.45) is 5.92 Å². The highest BCUT2D eigenvalue weighted by molar-refractivity contribution is 6.01. The zero-order valence-electron chi connectivity index (χ0n) is 18.8. The van der Waals surface area contributed by atoms with Crippen molar-refractivity contribution in [1.29, 1.82) is 0 Å². The number of carbonyl (C=O) groups excluding carboxylic acids is 2. The molecule has 3 N–H and O–H groups in total. The summed E-state index contributed by atoms with van der Waals surface area (Å²) < 4.78 is 14.8. The summed E-state index contributed by atoms with van der Waals surface area (Å²) in [6.07, 6.45) is 2.71. The predicted molar refractivity (Wildman–Crippen MR) is 122 cm³/mol. The molecule has 3 heterocycles. The minimum absolute atomic E-state index is 0.124. The fraction of sp³-hybridized carbons (Fsp3) is 0.609. The number of rotatable bonds is 7. The number of amides is 2. The lowest BCUT2D eigenvalue weighted by Crippen LogP contribution is -2.49. The number of imide groups is 1. The molecule has 0 aromatic heterocycles. The first kappa shape index (κ1) is 23.4. The van der Waals surface area contributed by atoms with Crippen LogP contribution < -0.4 is 15.5 Å². The van der Waals surface area contributed by atoms with Crippen LogP contribution in [0.4, 0.5) is 15.8 Å². The molecule has 4 rings (SSSR count). The van der Waals surface area contributed by atoms with E-state index in [1.807, 2.05) is 4.90 Å². The maximum absolute atomic E-state index is 14.8. The van der Waals surface area contributed by atoms with Crippen molar-refractivity contribution in [3.63, 3.8) is 0 Å². The number of nitrogens with zero attached hydrogens (tertiary/aromatic N) is 3. The van der Waals surface area contributed by atoms with E-state index in [-0.39, 0.29) is 30.6 Å². The van der Waals surface area contributed by atoms with E-state index < -0.39 is 12.0 Å². The van der Waals surface area contributed by atoms with E-state index in [1.165, 1.54) is 6.07 Å². The Morgan fingerprint density at radius 2 is 1.79 bits per heavy atom. The third-order valence-corrected chi connectivity index (χ3v) is 6.82. The van der Waals surface area contributed by atoms with E-state index in [0.29, 0.717) is 23.7 Å². The lowest BCUT2D eigenvalue weighted by molar-refractivity contribution is -0.139. The summed E-state index contributed by atoms with van der Waals surface area (Å²) in [6, 6.07) is 4.40. The van der Waals surface area contributed by atoms with Crippen LogP contribution in [0.2, 0.25) is 0 Å². The number of likely N-dealkylation sites (tertiary alicyclic amines) is 1. The second-order valence-corrected chi connectivity index (χ2v) is 9.22. The topological polar surface area (TPSA) is 105 Å². The van der Waals surface area contributed by atoms with Crippen molar-refractivity contribution in [1.82, 2.24) is 15.1 Å². The van der Waals surface area contributed by atoms with Crippen molar-refractivity contribution >= 4 is 29.2 Å². The third kappa shape index (κ3) is 6.20. The Morgan fingerprint density at radius 3 is 2.42 bits per heavy atom. The first-order valence-corrected chi connectivity index (χ1v) is 11.7. The standard InChI is InChI=1S/C23H32FN5O4/c24-18-13-17(25-19-2-4-21(30)26-23(19)33)1-3-20(18)29-11-9-28(10-12-29)14-16-5-7-27(8-6-16)15-22(31)32/h1,3,13,16,19,25H,2,4-12,14-15H2,(H,31,32)(H,26,30,33). The van der Waals surface area contributed by atoms with Crippen LogP contribution in [0.25, 0.3) is 0 Å². The maximum Gasteiger partial charge on any atom is 0.317 e. The number of piperazine rings is 1. The Hall–Kier alpha value is -2.72. The molecule has 3 aliphatic rings. The average Bonchev–Trinajstić information content (AvgIpc) is 2.78. The van der Waals surface area contributed by atoms with Crippen molar-refractivity contribution in [2.45, 2.75) is 31.7 Å². The number of carboxylic acids is 1. The number of piperidine rings is 2. The summed E-state index contributed by atoms with van der Waals surface area (Å²) >= 11 is 0. The van der Waals surface area contributed by atoms with Gasteiger partial charge in [0.1, 0.15) is 11.9 Å². The van der Waals surface area contributed by atoms with E-state index in [0.717, 1.165) is 58.7 Å². The van der Waals surface area contributed by atoms with Crippen LogP contribution in [0.3, 0.4) is 0 Å². The zero-order chi connectivity index (χ0) is 23.4. The van der Waals surface area contributed by atoms with Gasteiger partial charge in [-0.25, -0.2) is 4.39 Å². The Kier molecular flexibility index (Phi) is 7.44. The number of anilines is 2. The van der Waals surface area contributed by atoms with Crippen LogP contribution in [0, 0.1) is 11.7 Å². The lowest BCUT2D eigenvalue weighted by Gasteiger charge is -2.39. The molecule has 3 fully saturated rings. The maximum atomic E-state index is 14.8. The molecule has 1 aromatic carbocycles. The van der Waals surface area contributed by atoms with Crippen molar-refractivity contribution < 1.29 is 23.9 Å². The molecule has 0 radical (unpaired) electrons. The second-order valence-electron chi connectivity index (χ2n) is 9.22. The van der Waals surface area contributed by atoms with E-state index in [1.54, 1.807) is 12.1 Å². The average molecular weight is 462 g/mol. The molecule has 0 bridgehead atoms. The van der Waals surface area contributed by atoms with Gasteiger partial charge in [-0.05, 0) is 56.5 Å². The molecule has 1 atom stereocenters. The van der Waals surface area contributed by atoms with E-state index in [4.69, 9.17) is 5.11 Å². The lowest BCUT2D eigenvalue weighted by atomic mass is 9.96. The fourth-order valence-electron chi connectivity index (χ4n) is 4.94. The molecule has 0 saturated carbocycles. The Morgan fingerprint density at radius 1 is 1.06 bits per heavy atom. The first-order chi connectivity index (χ1) is 15.9. The monoisotopic (exact) mass is 461 g/mol. The molecule has 1 unspecified atom stereocenters. The second kappa shape index (κ2) is 10.5. The summed E-state index contributed by atoms with van der Waals surface area (Å²) in [5.74, 6) is -1.17. The predicted octanol–water partition coefficient (Wildman–Crippen LogP) is 0.961. The van der Waals surface area contributed by atoms with Gasteiger partial charge in [0, 0.05) is 44.8 Å². The number of halogens is 1. The van der Waals surface area contributed by atoms with Gasteiger partial charge in [-0.15, -0.1) is 0 Å². The van der Waals surface area contributed by atoms with E-state index in [2.05, 4.69) is 20.4 Å². The van der Waals surface area contributed by atoms with Gasteiger partial charge in [-0.3, -0.25) is 29.5 Å². The van der Waals surface area contributed by atoms with Gasteiger partial charge in [0.2, 0.25) is 11.8 Å². The third-order valence-electron chi connectivity index (χ3n) is 6.82. The molecule has 9 nitrogen and oxygen atoms in total. The number of aliphatic carboxylic acids is 1. The number of benzene rings is 1. The fourth-order valence-corrected chi connectivity index (χ4v) is 4.94. The van der Waals surface area contributed by atoms with Gasteiger partial charge in [0.15, 0.2) is 0 Å². The minimum Gasteiger partial charge on any atom is -0.480 e. The normalized spacial score (nSPS) is 23.4. The summed E-state index contributed by atoms with van der Waals surface area (Å²) in [6.45, 7) is 6.02. The highest BCUT2D eigenvalue weighted by Gasteiger charge is 2.28. The van der Waals surface area contributed by atoms with Gasteiger partial charge in [-0.2, -0.15) is 0 Å². The van der Waals surface area contributed by atoms with Crippen molar-refractivity contribution in [3.05, 3.63) is 24.0 Å². The molecule has 180 valence electrons. The van der Waals surface area contributed by atoms with Crippen LogP contribution in [-0.4, -0.2) is 91.1 Å². The molecule has 1 aromatic rings. The molecule has 0 aliphatic carbocycles.